The lowest BCUT2D eigenvalue weighted by atomic mass is 9.84. The van der Waals surface area contributed by atoms with Gasteiger partial charge in [0.1, 0.15) is 0 Å². The molecule has 0 aromatic carbocycles. The Balaban J connectivity index is 2.37. The molecule has 1 aliphatic heterocycles. The number of hydrogen-bond acceptors (Lipinski definition) is 2. The molecule has 0 saturated carbocycles. The normalized spacial score (nSPS) is 24.2. The maximum absolute atomic E-state index is 3.67. The van der Waals surface area contributed by atoms with Crippen molar-refractivity contribution in [3.63, 3.8) is 0 Å². The first-order valence-corrected chi connectivity index (χ1v) is 8.43. The van der Waals surface area contributed by atoms with Gasteiger partial charge in [0.2, 0.25) is 0 Å². The third-order valence-electron chi connectivity index (χ3n) is 4.75. The predicted octanol–water partition coefficient (Wildman–Crippen LogP) is 3.91. The average molecular weight is 268 g/mol. The topological polar surface area (TPSA) is 15.3 Å². The summed E-state index contributed by atoms with van der Waals surface area (Å²) in [5.74, 6) is 0.983. The predicted molar refractivity (Wildman–Crippen MR) is 85.6 cm³/mol. The van der Waals surface area contributed by atoms with Crippen molar-refractivity contribution in [2.75, 3.05) is 26.2 Å². The largest absolute Gasteiger partial charge is 0.314 e. The molecule has 2 nitrogen and oxygen atoms in total. The van der Waals surface area contributed by atoms with Crippen LogP contribution in [0.2, 0.25) is 0 Å². The molecule has 0 radical (unpaired) electrons. The summed E-state index contributed by atoms with van der Waals surface area (Å²) >= 11 is 0. The van der Waals surface area contributed by atoms with Crippen molar-refractivity contribution in [3.05, 3.63) is 0 Å². The third-order valence-corrected chi connectivity index (χ3v) is 4.75. The van der Waals surface area contributed by atoms with Crippen LogP contribution in [0.5, 0.6) is 0 Å². The maximum atomic E-state index is 3.67. The van der Waals surface area contributed by atoms with Crippen molar-refractivity contribution in [1.82, 2.24) is 10.2 Å². The Bertz CT molecular complexity index is 232. The van der Waals surface area contributed by atoms with Gasteiger partial charge in [-0.2, -0.15) is 0 Å². The Hall–Kier alpha value is -0.0800. The number of hydrogen-bond donors (Lipinski definition) is 1. The number of nitrogens with one attached hydrogen (secondary N) is 1. The minimum atomic E-state index is 0.369. The summed E-state index contributed by atoms with van der Waals surface area (Å²) in [6, 6.07) is 0.641. The first-order chi connectivity index (χ1) is 8.97. The lowest BCUT2D eigenvalue weighted by Crippen LogP contribution is -2.43. The summed E-state index contributed by atoms with van der Waals surface area (Å²) in [6.07, 6.45) is 6.92. The molecule has 1 aliphatic rings. The quantitative estimate of drug-likeness (QED) is 0.785. The SMILES string of the molecule is CCNC(CCN1CCCC(CC)CC1)C(C)(C)C. The van der Waals surface area contributed by atoms with Crippen LogP contribution < -0.4 is 5.32 Å². The second kappa shape index (κ2) is 8.26. The van der Waals surface area contributed by atoms with E-state index < -0.39 is 0 Å². The van der Waals surface area contributed by atoms with Crippen molar-refractivity contribution in [2.45, 2.75) is 72.8 Å². The fourth-order valence-electron chi connectivity index (χ4n) is 3.26. The summed E-state index contributed by atoms with van der Waals surface area (Å²) in [5, 5.41) is 3.67. The molecule has 0 aromatic heterocycles. The molecule has 2 unspecified atom stereocenters. The highest BCUT2D eigenvalue weighted by atomic mass is 15.1. The molecule has 2 heteroatoms. The van der Waals surface area contributed by atoms with E-state index in [1.54, 1.807) is 0 Å². The highest BCUT2D eigenvalue weighted by Gasteiger charge is 2.24. The smallest absolute Gasteiger partial charge is 0.0128 e. The minimum Gasteiger partial charge on any atom is -0.314 e. The lowest BCUT2D eigenvalue weighted by Gasteiger charge is -2.33. The van der Waals surface area contributed by atoms with Crippen LogP contribution in [0.15, 0.2) is 0 Å². The van der Waals surface area contributed by atoms with E-state index in [0.717, 1.165) is 12.5 Å². The van der Waals surface area contributed by atoms with Gasteiger partial charge in [-0.15, -0.1) is 0 Å². The first kappa shape index (κ1) is 17.0. The van der Waals surface area contributed by atoms with Crippen molar-refractivity contribution in [3.8, 4) is 0 Å². The Kier molecular flexibility index (Phi) is 7.38. The van der Waals surface area contributed by atoms with Crippen LogP contribution in [0, 0.1) is 11.3 Å². The van der Waals surface area contributed by atoms with Crippen LogP contribution in [-0.4, -0.2) is 37.1 Å². The zero-order chi connectivity index (χ0) is 14.3. The molecule has 19 heavy (non-hydrogen) atoms. The van der Waals surface area contributed by atoms with Gasteiger partial charge in [-0.1, -0.05) is 41.0 Å². The number of rotatable bonds is 6. The summed E-state index contributed by atoms with van der Waals surface area (Å²) in [6.45, 7) is 16.6. The maximum Gasteiger partial charge on any atom is 0.0128 e. The summed E-state index contributed by atoms with van der Waals surface area (Å²) < 4.78 is 0. The summed E-state index contributed by atoms with van der Waals surface area (Å²) in [5.41, 5.74) is 0.369. The molecule has 2 atom stereocenters. The van der Waals surface area contributed by atoms with E-state index in [1.807, 2.05) is 0 Å². The molecule has 114 valence electrons. The first-order valence-electron chi connectivity index (χ1n) is 8.43. The Morgan fingerprint density at radius 3 is 2.47 bits per heavy atom. The molecular formula is C17H36N2. The third kappa shape index (κ3) is 6.27. The van der Waals surface area contributed by atoms with E-state index in [-0.39, 0.29) is 0 Å². The lowest BCUT2D eigenvalue weighted by molar-refractivity contribution is 0.207. The summed E-state index contributed by atoms with van der Waals surface area (Å²) in [4.78, 5) is 2.70. The van der Waals surface area contributed by atoms with Crippen molar-refractivity contribution in [2.24, 2.45) is 11.3 Å². The fourth-order valence-corrected chi connectivity index (χ4v) is 3.26. The zero-order valence-corrected chi connectivity index (χ0v) is 14.0. The highest BCUT2D eigenvalue weighted by Crippen LogP contribution is 2.24. The standard InChI is InChI=1S/C17H36N2/c1-6-15-9-8-12-19(13-10-15)14-11-16(18-7-2)17(3,4)5/h15-16,18H,6-14H2,1-5H3. The Morgan fingerprint density at radius 2 is 1.89 bits per heavy atom. The van der Waals surface area contributed by atoms with Crippen LogP contribution in [-0.2, 0) is 0 Å². The zero-order valence-electron chi connectivity index (χ0n) is 14.0. The van der Waals surface area contributed by atoms with E-state index in [9.17, 15) is 0 Å². The molecule has 1 N–H and O–H groups in total. The van der Waals surface area contributed by atoms with Crippen LogP contribution in [0.25, 0.3) is 0 Å². The van der Waals surface area contributed by atoms with E-state index in [0.29, 0.717) is 11.5 Å². The summed E-state index contributed by atoms with van der Waals surface area (Å²) in [7, 11) is 0. The van der Waals surface area contributed by atoms with Crippen LogP contribution >= 0.6 is 0 Å². The van der Waals surface area contributed by atoms with E-state index in [1.165, 1.54) is 51.7 Å². The van der Waals surface area contributed by atoms with Gasteiger partial charge in [0.05, 0.1) is 0 Å². The van der Waals surface area contributed by atoms with Gasteiger partial charge in [0.15, 0.2) is 0 Å². The molecule has 0 amide bonds. The van der Waals surface area contributed by atoms with Gasteiger partial charge in [-0.25, -0.2) is 0 Å². The second-order valence-corrected chi connectivity index (χ2v) is 7.31. The Morgan fingerprint density at radius 1 is 1.16 bits per heavy atom. The molecule has 0 aromatic rings. The minimum absolute atomic E-state index is 0.369. The molecular weight excluding hydrogens is 232 g/mol. The molecule has 0 spiro atoms. The second-order valence-electron chi connectivity index (χ2n) is 7.31. The highest BCUT2D eigenvalue weighted by molar-refractivity contribution is 4.81. The van der Waals surface area contributed by atoms with Gasteiger partial charge in [-0.3, -0.25) is 0 Å². The number of nitrogens with zero attached hydrogens (tertiary/aromatic N) is 1. The molecule has 0 bridgehead atoms. The van der Waals surface area contributed by atoms with Crippen molar-refractivity contribution < 1.29 is 0 Å². The Labute approximate surface area is 121 Å². The average Bonchev–Trinajstić information content (AvgIpc) is 2.58. The number of likely N-dealkylation sites (tertiary alicyclic amines) is 1. The van der Waals surface area contributed by atoms with Crippen LogP contribution in [0.3, 0.4) is 0 Å². The molecule has 1 fully saturated rings. The molecule has 1 rings (SSSR count). The van der Waals surface area contributed by atoms with Gasteiger partial charge >= 0.3 is 0 Å². The van der Waals surface area contributed by atoms with Crippen LogP contribution in [0.4, 0.5) is 0 Å². The van der Waals surface area contributed by atoms with Crippen molar-refractivity contribution in [1.29, 1.82) is 0 Å². The van der Waals surface area contributed by atoms with Gasteiger partial charge in [-0.05, 0) is 63.2 Å². The van der Waals surface area contributed by atoms with Crippen molar-refractivity contribution >= 4 is 0 Å². The monoisotopic (exact) mass is 268 g/mol. The van der Waals surface area contributed by atoms with E-state index in [4.69, 9.17) is 0 Å². The fraction of sp³-hybridized carbons (Fsp3) is 1.00. The molecule has 1 saturated heterocycles. The van der Waals surface area contributed by atoms with Gasteiger partial charge in [0.25, 0.3) is 0 Å². The van der Waals surface area contributed by atoms with Crippen LogP contribution in [0.1, 0.15) is 66.7 Å². The van der Waals surface area contributed by atoms with E-state index in [2.05, 4.69) is 44.8 Å². The molecule has 1 heterocycles. The van der Waals surface area contributed by atoms with Gasteiger partial charge in [0, 0.05) is 6.04 Å². The van der Waals surface area contributed by atoms with E-state index >= 15 is 0 Å². The molecule has 0 aliphatic carbocycles. The van der Waals surface area contributed by atoms with Gasteiger partial charge < -0.3 is 10.2 Å².